The zero-order valence-electron chi connectivity index (χ0n) is 11.4. The van der Waals surface area contributed by atoms with Crippen LogP contribution in [0.4, 0.5) is 11.5 Å². The number of rotatable bonds is 3. The second-order valence-corrected chi connectivity index (χ2v) is 4.59. The van der Waals surface area contributed by atoms with Gasteiger partial charge in [0.1, 0.15) is 0 Å². The predicted molar refractivity (Wildman–Crippen MR) is 75.0 cm³/mol. The van der Waals surface area contributed by atoms with Crippen LogP contribution in [0.25, 0.3) is 0 Å². The van der Waals surface area contributed by atoms with E-state index in [1.165, 1.54) is 22.4 Å². The number of hydrogen-bond donors (Lipinski definition) is 1. The minimum atomic E-state index is 0.866. The molecule has 0 bridgehead atoms. The van der Waals surface area contributed by atoms with Gasteiger partial charge in [0, 0.05) is 5.69 Å². The monoisotopic (exact) mass is 241 g/mol. The van der Waals surface area contributed by atoms with Gasteiger partial charge in [-0.15, -0.1) is 10.2 Å². The first-order valence-corrected chi connectivity index (χ1v) is 6.28. The van der Waals surface area contributed by atoms with Crippen molar-refractivity contribution in [2.45, 2.75) is 34.1 Å². The lowest BCUT2D eigenvalue weighted by Crippen LogP contribution is -1.82. The molecule has 1 aromatic heterocycles. The van der Waals surface area contributed by atoms with Crippen molar-refractivity contribution in [2.24, 2.45) is 10.2 Å². The Hall–Kier alpha value is -1.90. The SMILES string of the molecule is CCc1c(C)[nH]c(/N=N/c2ccc(C)cc2)c1C. The van der Waals surface area contributed by atoms with Gasteiger partial charge in [-0.05, 0) is 50.5 Å². The maximum absolute atomic E-state index is 4.30. The summed E-state index contributed by atoms with van der Waals surface area (Å²) in [6.45, 7) is 8.39. The fraction of sp³-hybridized carbons (Fsp3) is 0.333. The largest absolute Gasteiger partial charge is 0.342 e. The molecule has 1 heterocycles. The van der Waals surface area contributed by atoms with Crippen LogP contribution < -0.4 is 0 Å². The fourth-order valence-electron chi connectivity index (χ4n) is 2.12. The number of aromatic amines is 1. The van der Waals surface area contributed by atoms with Crippen LogP contribution >= 0.6 is 0 Å². The second-order valence-electron chi connectivity index (χ2n) is 4.59. The highest BCUT2D eigenvalue weighted by molar-refractivity contribution is 5.48. The van der Waals surface area contributed by atoms with Gasteiger partial charge >= 0.3 is 0 Å². The minimum absolute atomic E-state index is 0.866. The fourth-order valence-corrected chi connectivity index (χ4v) is 2.12. The van der Waals surface area contributed by atoms with Crippen LogP contribution in [0.5, 0.6) is 0 Å². The van der Waals surface area contributed by atoms with E-state index in [1.54, 1.807) is 0 Å². The van der Waals surface area contributed by atoms with E-state index in [-0.39, 0.29) is 0 Å². The Morgan fingerprint density at radius 2 is 1.67 bits per heavy atom. The Morgan fingerprint density at radius 3 is 2.22 bits per heavy atom. The number of azo groups is 1. The molecule has 0 spiro atoms. The zero-order valence-corrected chi connectivity index (χ0v) is 11.4. The number of nitrogens with one attached hydrogen (secondary N) is 1. The summed E-state index contributed by atoms with van der Waals surface area (Å²) in [7, 11) is 0. The van der Waals surface area contributed by atoms with Gasteiger partial charge in [0.05, 0.1) is 5.69 Å². The molecule has 1 aromatic carbocycles. The average molecular weight is 241 g/mol. The number of aromatic nitrogens is 1. The number of nitrogens with zero attached hydrogens (tertiary/aromatic N) is 2. The molecule has 0 fully saturated rings. The van der Waals surface area contributed by atoms with Crippen molar-refractivity contribution in [1.29, 1.82) is 0 Å². The lowest BCUT2D eigenvalue weighted by Gasteiger charge is -1.95. The number of aryl methyl sites for hydroxylation is 2. The van der Waals surface area contributed by atoms with E-state index in [2.05, 4.69) is 42.9 Å². The predicted octanol–water partition coefficient (Wildman–Crippen LogP) is 4.92. The average Bonchev–Trinajstić information content (AvgIpc) is 2.63. The lowest BCUT2D eigenvalue weighted by atomic mass is 10.1. The summed E-state index contributed by atoms with van der Waals surface area (Å²) in [4.78, 5) is 3.29. The van der Waals surface area contributed by atoms with Crippen LogP contribution in [-0.4, -0.2) is 4.98 Å². The van der Waals surface area contributed by atoms with Gasteiger partial charge in [0.25, 0.3) is 0 Å². The molecule has 0 atom stereocenters. The smallest absolute Gasteiger partial charge is 0.156 e. The van der Waals surface area contributed by atoms with Crippen LogP contribution in [0.2, 0.25) is 0 Å². The van der Waals surface area contributed by atoms with Crippen LogP contribution in [0.3, 0.4) is 0 Å². The molecular weight excluding hydrogens is 222 g/mol. The van der Waals surface area contributed by atoms with Crippen molar-refractivity contribution in [3.63, 3.8) is 0 Å². The molecule has 0 unspecified atom stereocenters. The van der Waals surface area contributed by atoms with Crippen LogP contribution in [0, 0.1) is 20.8 Å². The topological polar surface area (TPSA) is 40.5 Å². The molecule has 0 saturated heterocycles. The molecule has 3 nitrogen and oxygen atoms in total. The summed E-state index contributed by atoms with van der Waals surface area (Å²) < 4.78 is 0. The Balaban J connectivity index is 2.26. The summed E-state index contributed by atoms with van der Waals surface area (Å²) in [5.41, 5.74) is 5.84. The summed E-state index contributed by atoms with van der Waals surface area (Å²) in [5, 5.41) is 8.57. The molecule has 94 valence electrons. The highest BCUT2D eigenvalue weighted by atomic mass is 15.1. The maximum atomic E-state index is 4.30. The van der Waals surface area contributed by atoms with Crippen LogP contribution in [-0.2, 0) is 6.42 Å². The van der Waals surface area contributed by atoms with Gasteiger partial charge in [-0.1, -0.05) is 24.6 Å². The van der Waals surface area contributed by atoms with Gasteiger partial charge in [-0.3, -0.25) is 0 Å². The highest BCUT2D eigenvalue weighted by Gasteiger charge is 2.08. The first-order chi connectivity index (χ1) is 8.61. The van der Waals surface area contributed by atoms with E-state index in [0.717, 1.165) is 17.9 Å². The zero-order chi connectivity index (χ0) is 13.1. The summed E-state index contributed by atoms with van der Waals surface area (Å²) in [6.07, 6.45) is 1.02. The molecule has 2 aromatic rings. The van der Waals surface area contributed by atoms with E-state index in [4.69, 9.17) is 0 Å². The molecular formula is C15H19N3. The van der Waals surface area contributed by atoms with Gasteiger partial charge in [0.15, 0.2) is 5.82 Å². The molecule has 3 heteroatoms. The standard InChI is InChI=1S/C15H19N3/c1-5-14-11(3)15(16-12(14)4)18-17-13-8-6-10(2)7-9-13/h6-9,16H,5H2,1-4H3/b18-17+. The van der Waals surface area contributed by atoms with Crippen molar-refractivity contribution in [3.05, 3.63) is 46.6 Å². The maximum Gasteiger partial charge on any atom is 0.156 e. The van der Waals surface area contributed by atoms with Crippen molar-refractivity contribution in [3.8, 4) is 0 Å². The molecule has 0 amide bonds. The van der Waals surface area contributed by atoms with Crippen LogP contribution in [0.1, 0.15) is 29.3 Å². The first kappa shape index (κ1) is 12.6. The molecule has 0 saturated carbocycles. The normalized spacial score (nSPS) is 11.3. The van der Waals surface area contributed by atoms with E-state index in [9.17, 15) is 0 Å². The van der Waals surface area contributed by atoms with Crippen molar-refractivity contribution in [1.82, 2.24) is 4.98 Å². The third-order valence-corrected chi connectivity index (χ3v) is 3.22. The van der Waals surface area contributed by atoms with Gasteiger partial charge in [-0.2, -0.15) is 0 Å². The van der Waals surface area contributed by atoms with Gasteiger partial charge in [-0.25, -0.2) is 0 Å². The first-order valence-electron chi connectivity index (χ1n) is 6.28. The number of hydrogen-bond acceptors (Lipinski definition) is 2. The Bertz CT molecular complexity index is 562. The Labute approximate surface area is 108 Å². The van der Waals surface area contributed by atoms with Crippen molar-refractivity contribution in [2.75, 3.05) is 0 Å². The summed E-state index contributed by atoms with van der Waals surface area (Å²) >= 11 is 0. The van der Waals surface area contributed by atoms with E-state index in [0.29, 0.717) is 0 Å². The van der Waals surface area contributed by atoms with Crippen molar-refractivity contribution < 1.29 is 0 Å². The van der Waals surface area contributed by atoms with Gasteiger partial charge in [0.2, 0.25) is 0 Å². The Kier molecular flexibility index (Phi) is 3.60. The molecule has 0 radical (unpaired) electrons. The van der Waals surface area contributed by atoms with E-state index < -0.39 is 0 Å². The highest BCUT2D eigenvalue weighted by Crippen LogP contribution is 2.26. The number of H-pyrrole nitrogens is 1. The molecule has 0 aliphatic carbocycles. The molecule has 2 rings (SSSR count). The molecule has 18 heavy (non-hydrogen) atoms. The second kappa shape index (κ2) is 5.17. The van der Waals surface area contributed by atoms with E-state index >= 15 is 0 Å². The lowest BCUT2D eigenvalue weighted by molar-refractivity contribution is 1.08. The summed E-state index contributed by atoms with van der Waals surface area (Å²) in [5.74, 6) is 0.866. The summed E-state index contributed by atoms with van der Waals surface area (Å²) in [6, 6.07) is 8.03. The number of benzene rings is 1. The molecule has 1 N–H and O–H groups in total. The minimum Gasteiger partial charge on any atom is -0.342 e. The van der Waals surface area contributed by atoms with Crippen LogP contribution in [0.15, 0.2) is 34.5 Å². The quantitative estimate of drug-likeness (QED) is 0.741. The van der Waals surface area contributed by atoms with Gasteiger partial charge < -0.3 is 4.98 Å². The molecule has 0 aliphatic rings. The third-order valence-electron chi connectivity index (χ3n) is 3.22. The third kappa shape index (κ3) is 2.50. The van der Waals surface area contributed by atoms with Crippen molar-refractivity contribution >= 4 is 11.5 Å². The van der Waals surface area contributed by atoms with E-state index in [1.807, 2.05) is 24.3 Å². The Morgan fingerprint density at radius 1 is 1.00 bits per heavy atom. The molecule has 0 aliphatic heterocycles.